The molecule has 0 aliphatic rings. The van der Waals surface area contributed by atoms with Gasteiger partial charge in [0.25, 0.3) is 0 Å². The largest absolute Gasteiger partial charge is 0.321 e. The van der Waals surface area contributed by atoms with Gasteiger partial charge in [-0.25, -0.2) is 9.97 Å². The summed E-state index contributed by atoms with van der Waals surface area (Å²) < 4.78 is 2.23. The first kappa shape index (κ1) is 13.6. The van der Waals surface area contributed by atoms with Crippen LogP contribution in [0.1, 0.15) is 22.6 Å². The van der Waals surface area contributed by atoms with Crippen LogP contribution < -0.4 is 0 Å². The number of aromatic nitrogens is 3. The Labute approximate surface area is 127 Å². The highest BCUT2D eigenvalue weighted by atomic mass is 35.5. The van der Waals surface area contributed by atoms with Crippen molar-refractivity contribution < 1.29 is 0 Å². The first-order valence-corrected chi connectivity index (χ1v) is 8.10. The number of para-hydroxylation sites is 2. The summed E-state index contributed by atoms with van der Waals surface area (Å²) in [4.78, 5) is 10.5. The fraction of sp³-hybridized carbons (Fsp3) is 0.333. The molecule has 5 heteroatoms. The van der Waals surface area contributed by atoms with Crippen molar-refractivity contribution in [2.45, 2.75) is 26.3 Å². The summed E-state index contributed by atoms with van der Waals surface area (Å²) in [5.41, 5.74) is 2.18. The van der Waals surface area contributed by atoms with Crippen molar-refractivity contribution >= 4 is 34.0 Å². The van der Waals surface area contributed by atoms with Gasteiger partial charge in [0.05, 0.1) is 17.6 Å². The standard InChI is InChI=1S/C15H16ClN3S/c1-2-11-9-17-15(20-11)10-19-13-6-4-3-5-12(13)18-14(19)7-8-16/h3-6,9H,2,7-8,10H2,1H3. The Kier molecular flexibility index (Phi) is 4.03. The molecule has 104 valence electrons. The smallest absolute Gasteiger partial charge is 0.113 e. The van der Waals surface area contributed by atoms with E-state index in [1.54, 1.807) is 11.3 Å². The topological polar surface area (TPSA) is 30.7 Å². The predicted molar refractivity (Wildman–Crippen MR) is 84.8 cm³/mol. The molecule has 0 atom stereocenters. The van der Waals surface area contributed by atoms with E-state index < -0.39 is 0 Å². The van der Waals surface area contributed by atoms with Gasteiger partial charge in [0, 0.05) is 23.4 Å². The Morgan fingerprint density at radius 2 is 2.15 bits per heavy atom. The molecule has 2 heterocycles. The number of nitrogens with zero attached hydrogens (tertiary/aromatic N) is 3. The van der Waals surface area contributed by atoms with Gasteiger partial charge in [-0.1, -0.05) is 19.1 Å². The second kappa shape index (κ2) is 5.94. The number of fused-ring (bicyclic) bond motifs is 1. The van der Waals surface area contributed by atoms with Crippen LogP contribution >= 0.6 is 22.9 Å². The Morgan fingerprint density at radius 1 is 1.30 bits per heavy atom. The van der Waals surface area contributed by atoms with E-state index >= 15 is 0 Å². The molecule has 0 aliphatic heterocycles. The summed E-state index contributed by atoms with van der Waals surface area (Å²) in [5.74, 6) is 1.62. The molecule has 0 fully saturated rings. The minimum atomic E-state index is 0.585. The molecular weight excluding hydrogens is 290 g/mol. The van der Waals surface area contributed by atoms with Crippen LogP contribution in [-0.4, -0.2) is 20.4 Å². The number of aryl methyl sites for hydroxylation is 2. The van der Waals surface area contributed by atoms with Crippen LogP contribution in [0.15, 0.2) is 30.5 Å². The summed E-state index contributed by atoms with van der Waals surface area (Å²) in [5, 5.41) is 1.13. The number of hydrogen-bond acceptors (Lipinski definition) is 3. The second-order valence-electron chi connectivity index (χ2n) is 4.62. The van der Waals surface area contributed by atoms with Crippen molar-refractivity contribution in [1.82, 2.24) is 14.5 Å². The molecule has 0 saturated heterocycles. The summed E-state index contributed by atoms with van der Waals surface area (Å²) in [6, 6.07) is 8.21. The van der Waals surface area contributed by atoms with Crippen LogP contribution in [0.4, 0.5) is 0 Å². The quantitative estimate of drug-likeness (QED) is 0.670. The first-order chi connectivity index (χ1) is 9.81. The van der Waals surface area contributed by atoms with Gasteiger partial charge >= 0.3 is 0 Å². The summed E-state index contributed by atoms with van der Waals surface area (Å²) in [6.07, 6.45) is 3.79. The highest BCUT2D eigenvalue weighted by Gasteiger charge is 2.11. The highest BCUT2D eigenvalue weighted by molar-refractivity contribution is 7.11. The van der Waals surface area contributed by atoms with Gasteiger partial charge in [-0.2, -0.15) is 0 Å². The zero-order chi connectivity index (χ0) is 13.9. The SMILES string of the molecule is CCc1cnc(Cn2c(CCCl)nc3ccccc32)s1. The lowest BCUT2D eigenvalue weighted by Gasteiger charge is -2.06. The van der Waals surface area contributed by atoms with Crippen molar-refractivity contribution in [2.24, 2.45) is 0 Å². The van der Waals surface area contributed by atoms with Gasteiger partial charge in [0.2, 0.25) is 0 Å². The number of alkyl halides is 1. The fourth-order valence-corrected chi connectivity index (χ4v) is 3.32. The first-order valence-electron chi connectivity index (χ1n) is 6.75. The van der Waals surface area contributed by atoms with Gasteiger partial charge < -0.3 is 4.57 Å². The Morgan fingerprint density at radius 3 is 2.90 bits per heavy atom. The third-order valence-corrected chi connectivity index (χ3v) is 4.61. The molecule has 0 bridgehead atoms. The molecule has 0 amide bonds. The average Bonchev–Trinajstić information content (AvgIpc) is 3.05. The number of rotatable bonds is 5. The molecule has 20 heavy (non-hydrogen) atoms. The summed E-state index contributed by atoms with van der Waals surface area (Å²) in [6.45, 7) is 2.93. The van der Waals surface area contributed by atoms with Gasteiger partial charge in [-0.3, -0.25) is 0 Å². The van der Waals surface area contributed by atoms with E-state index in [4.69, 9.17) is 11.6 Å². The van der Waals surface area contributed by atoms with Crippen molar-refractivity contribution in [2.75, 3.05) is 5.88 Å². The third-order valence-electron chi connectivity index (χ3n) is 3.29. The van der Waals surface area contributed by atoms with Crippen LogP contribution in [-0.2, 0) is 19.4 Å². The van der Waals surface area contributed by atoms with E-state index in [0.717, 1.165) is 41.3 Å². The normalized spacial score (nSPS) is 11.3. The highest BCUT2D eigenvalue weighted by Crippen LogP contribution is 2.21. The van der Waals surface area contributed by atoms with E-state index in [0.29, 0.717) is 5.88 Å². The van der Waals surface area contributed by atoms with Gasteiger partial charge in [0.15, 0.2) is 0 Å². The Balaban J connectivity index is 2.01. The third kappa shape index (κ3) is 2.58. The van der Waals surface area contributed by atoms with Gasteiger partial charge in [-0.15, -0.1) is 22.9 Å². The molecule has 3 nitrogen and oxygen atoms in total. The van der Waals surface area contributed by atoms with Crippen LogP contribution in [0.2, 0.25) is 0 Å². The molecule has 0 saturated carbocycles. The molecule has 0 radical (unpaired) electrons. The van der Waals surface area contributed by atoms with Crippen molar-refractivity contribution in [3.8, 4) is 0 Å². The van der Waals surface area contributed by atoms with Crippen molar-refractivity contribution in [1.29, 1.82) is 0 Å². The van der Waals surface area contributed by atoms with E-state index in [2.05, 4.69) is 27.5 Å². The van der Waals surface area contributed by atoms with Crippen LogP contribution in [0.3, 0.4) is 0 Å². The zero-order valence-electron chi connectivity index (χ0n) is 11.3. The molecule has 3 rings (SSSR count). The number of halogens is 1. The molecular formula is C15H16ClN3S. The minimum Gasteiger partial charge on any atom is -0.321 e. The van der Waals surface area contributed by atoms with E-state index in [9.17, 15) is 0 Å². The van der Waals surface area contributed by atoms with Gasteiger partial charge in [0.1, 0.15) is 10.8 Å². The number of benzene rings is 1. The molecule has 1 aromatic carbocycles. The summed E-state index contributed by atoms with van der Waals surface area (Å²) in [7, 11) is 0. The van der Waals surface area contributed by atoms with Crippen LogP contribution in [0.5, 0.6) is 0 Å². The van der Waals surface area contributed by atoms with E-state index in [1.807, 2.05) is 24.4 Å². The molecule has 0 unspecified atom stereocenters. The Hall–Kier alpha value is -1.39. The van der Waals surface area contributed by atoms with Crippen molar-refractivity contribution in [3.05, 3.63) is 46.2 Å². The lowest BCUT2D eigenvalue weighted by atomic mass is 10.3. The fourth-order valence-electron chi connectivity index (χ4n) is 2.30. The predicted octanol–water partition coefficient (Wildman–Crippen LogP) is 3.88. The maximum Gasteiger partial charge on any atom is 0.113 e. The lowest BCUT2D eigenvalue weighted by Crippen LogP contribution is -2.05. The number of thiazole rings is 1. The molecule has 3 aromatic rings. The average molecular weight is 306 g/mol. The maximum absolute atomic E-state index is 5.90. The second-order valence-corrected chi connectivity index (χ2v) is 6.19. The molecule has 0 aliphatic carbocycles. The Bertz CT molecular complexity index is 717. The monoisotopic (exact) mass is 305 g/mol. The van der Waals surface area contributed by atoms with Crippen LogP contribution in [0.25, 0.3) is 11.0 Å². The minimum absolute atomic E-state index is 0.585. The molecule has 2 aromatic heterocycles. The summed E-state index contributed by atoms with van der Waals surface area (Å²) >= 11 is 7.67. The number of hydrogen-bond donors (Lipinski definition) is 0. The molecule has 0 N–H and O–H groups in total. The lowest BCUT2D eigenvalue weighted by molar-refractivity contribution is 0.750. The van der Waals surface area contributed by atoms with Gasteiger partial charge in [-0.05, 0) is 18.6 Å². The zero-order valence-corrected chi connectivity index (χ0v) is 12.9. The van der Waals surface area contributed by atoms with E-state index in [-0.39, 0.29) is 0 Å². The van der Waals surface area contributed by atoms with E-state index in [1.165, 1.54) is 4.88 Å². The van der Waals surface area contributed by atoms with Crippen molar-refractivity contribution in [3.63, 3.8) is 0 Å². The molecule has 0 spiro atoms. The number of imidazole rings is 1. The van der Waals surface area contributed by atoms with Crippen LogP contribution in [0, 0.1) is 0 Å². The maximum atomic E-state index is 5.90.